The lowest BCUT2D eigenvalue weighted by Gasteiger charge is -2.34. The van der Waals surface area contributed by atoms with Crippen molar-refractivity contribution < 1.29 is 13.5 Å². The molecule has 10 heavy (non-hydrogen) atoms. The molecule has 0 unspecified atom stereocenters. The Balaban J connectivity index is 2.03. The van der Waals surface area contributed by atoms with Crippen LogP contribution in [0.5, 0.6) is 0 Å². The van der Waals surface area contributed by atoms with Crippen LogP contribution < -0.4 is 0 Å². The molecule has 1 saturated carbocycles. The third-order valence-corrected chi connectivity index (χ3v) is 1.76. The molecule has 0 spiro atoms. The molecule has 60 valence electrons. The van der Waals surface area contributed by atoms with Crippen molar-refractivity contribution in [2.75, 3.05) is 12.7 Å². The highest BCUT2D eigenvalue weighted by Crippen LogP contribution is 2.42. The van der Waals surface area contributed by atoms with Crippen LogP contribution in [0.15, 0.2) is 0 Å². The minimum atomic E-state index is -2.43. The van der Waals surface area contributed by atoms with Crippen LogP contribution in [0.3, 0.4) is 0 Å². The highest BCUT2D eigenvalue weighted by Gasteiger charge is 2.44. The van der Waals surface area contributed by atoms with Gasteiger partial charge in [-0.2, -0.15) is 0 Å². The number of ether oxygens (including phenoxy) is 1. The van der Waals surface area contributed by atoms with Gasteiger partial charge in [0.1, 0.15) is 6.07 Å². The smallest absolute Gasteiger partial charge is 0.248 e. The van der Waals surface area contributed by atoms with Crippen molar-refractivity contribution in [2.24, 2.45) is 5.92 Å². The van der Waals surface area contributed by atoms with E-state index in [1.54, 1.807) is 0 Å². The lowest BCUT2D eigenvalue weighted by Crippen LogP contribution is -2.37. The third kappa shape index (κ3) is 2.06. The summed E-state index contributed by atoms with van der Waals surface area (Å²) in [5.74, 6) is -2.41. The number of hydrogen-bond acceptors (Lipinski definition) is 1. The van der Waals surface area contributed by atoms with Crippen molar-refractivity contribution in [3.05, 3.63) is 0 Å². The summed E-state index contributed by atoms with van der Waals surface area (Å²) < 4.78 is 29.0. The maximum Gasteiger partial charge on any atom is 0.248 e. The van der Waals surface area contributed by atoms with Crippen molar-refractivity contribution in [3.8, 4) is 0 Å². The topological polar surface area (TPSA) is 9.23 Å². The van der Waals surface area contributed by atoms with Gasteiger partial charge in [0.25, 0.3) is 0 Å². The molecule has 0 heterocycles. The fourth-order valence-corrected chi connectivity index (χ4v) is 1.20. The average molecular weight is 171 g/mol. The molecule has 0 amide bonds. The first-order valence-electron chi connectivity index (χ1n) is 3.15. The van der Waals surface area contributed by atoms with E-state index in [1.165, 1.54) is 0 Å². The largest absolute Gasteiger partial charge is 0.365 e. The van der Waals surface area contributed by atoms with E-state index in [-0.39, 0.29) is 24.8 Å². The second kappa shape index (κ2) is 3.01. The molecule has 1 aliphatic carbocycles. The first-order valence-corrected chi connectivity index (χ1v) is 3.69. The van der Waals surface area contributed by atoms with Gasteiger partial charge >= 0.3 is 0 Å². The Morgan fingerprint density at radius 2 is 2.10 bits per heavy atom. The summed E-state index contributed by atoms with van der Waals surface area (Å²) in [6.07, 6.45) is -0.0756. The van der Waals surface area contributed by atoms with Crippen LogP contribution in [0.1, 0.15) is 12.8 Å². The van der Waals surface area contributed by atoms with Gasteiger partial charge in [-0.1, -0.05) is 11.6 Å². The molecular formula is C6H9ClF2O. The number of rotatable bonds is 3. The Bertz CT molecular complexity index is 110. The van der Waals surface area contributed by atoms with Crippen molar-refractivity contribution in [2.45, 2.75) is 18.8 Å². The predicted molar refractivity (Wildman–Crippen MR) is 34.3 cm³/mol. The second-order valence-electron chi connectivity index (χ2n) is 2.61. The molecular weight excluding hydrogens is 162 g/mol. The molecule has 0 N–H and O–H groups in total. The molecule has 0 aliphatic heterocycles. The molecule has 4 heteroatoms. The SMILES string of the molecule is FC1(F)CC(COCCl)C1. The van der Waals surface area contributed by atoms with Crippen molar-refractivity contribution in [1.82, 2.24) is 0 Å². The molecule has 0 aromatic heterocycles. The molecule has 0 radical (unpaired) electrons. The molecule has 1 nitrogen and oxygen atoms in total. The molecule has 1 rings (SSSR count). The van der Waals surface area contributed by atoms with E-state index >= 15 is 0 Å². The summed E-state index contributed by atoms with van der Waals surface area (Å²) >= 11 is 5.19. The quantitative estimate of drug-likeness (QED) is 0.591. The summed E-state index contributed by atoms with van der Waals surface area (Å²) in [4.78, 5) is 0. The predicted octanol–water partition coefficient (Wildman–Crippen LogP) is 2.24. The van der Waals surface area contributed by atoms with Crippen LogP contribution in [0, 0.1) is 5.92 Å². The number of hydrogen-bond donors (Lipinski definition) is 0. The van der Waals surface area contributed by atoms with Gasteiger partial charge in [-0.25, -0.2) is 8.78 Å². The Hall–Kier alpha value is 0.110. The molecule has 0 aromatic rings. The van der Waals surface area contributed by atoms with Gasteiger partial charge in [0, 0.05) is 12.8 Å². The van der Waals surface area contributed by atoms with Gasteiger partial charge < -0.3 is 4.74 Å². The Labute approximate surface area is 63.3 Å². The maximum atomic E-state index is 12.1. The fraction of sp³-hybridized carbons (Fsp3) is 1.00. The number of alkyl halides is 3. The minimum absolute atomic E-state index is 0.0220. The normalized spacial score (nSPS) is 24.3. The summed E-state index contributed by atoms with van der Waals surface area (Å²) in [6.45, 7) is 0.374. The summed E-state index contributed by atoms with van der Waals surface area (Å²) in [5, 5.41) is 0. The van der Waals surface area contributed by atoms with Crippen molar-refractivity contribution in [1.29, 1.82) is 0 Å². The van der Waals surface area contributed by atoms with Crippen LogP contribution in [-0.2, 0) is 4.74 Å². The Morgan fingerprint density at radius 1 is 1.50 bits per heavy atom. The molecule has 0 atom stereocenters. The highest BCUT2D eigenvalue weighted by atomic mass is 35.5. The summed E-state index contributed by atoms with van der Waals surface area (Å²) in [5.41, 5.74) is 0. The molecule has 0 bridgehead atoms. The van der Waals surface area contributed by atoms with Crippen molar-refractivity contribution in [3.63, 3.8) is 0 Å². The lowest BCUT2D eigenvalue weighted by atomic mass is 9.82. The highest BCUT2D eigenvalue weighted by molar-refractivity contribution is 6.17. The van der Waals surface area contributed by atoms with Gasteiger partial charge in [-0.3, -0.25) is 0 Å². The molecule has 0 saturated heterocycles. The molecule has 0 aromatic carbocycles. The van der Waals surface area contributed by atoms with Gasteiger partial charge in [-0.05, 0) is 5.92 Å². The Kier molecular flexibility index (Phi) is 2.47. The van der Waals surface area contributed by atoms with Crippen molar-refractivity contribution >= 4 is 11.6 Å². The monoisotopic (exact) mass is 170 g/mol. The third-order valence-electron chi connectivity index (χ3n) is 1.61. The molecule has 1 fully saturated rings. The molecule has 1 aliphatic rings. The van der Waals surface area contributed by atoms with Gasteiger partial charge in [0.2, 0.25) is 5.92 Å². The van der Waals surface area contributed by atoms with E-state index in [0.29, 0.717) is 6.61 Å². The maximum absolute atomic E-state index is 12.1. The van der Waals surface area contributed by atoms with E-state index in [9.17, 15) is 8.78 Å². The van der Waals surface area contributed by atoms with Gasteiger partial charge in [0.05, 0.1) is 6.61 Å². The van der Waals surface area contributed by atoms with E-state index in [2.05, 4.69) is 0 Å². The van der Waals surface area contributed by atoms with Crippen LogP contribution in [0.4, 0.5) is 8.78 Å². The van der Waals surface area contributed by atoms with Crippen LogP contribution in [0.2, 0.25) is 0 Å². The zero-order chi connectivity index (χ0) is 7.61. The Morgan fingerprint density at radius 3 is 2.50 bits per heavy atom. The van der Waals surface area contributed by atoms with Gasteiger partial charge in [0.15, 0.2) is 0 Å². The average Bonchev–Trinajstić information content (AvgIpc) is 1.78. The van der Waals surface area contributed by atoms with Crippen LogP contribution in [-0.4, -0.2) is 18.6 Å². The van der Waals surface area contributed by atoms with E-state index in [1.807, 2.05) is 0 Å². The van der Waals surface area contributed by atoms with Crippen LogP contribution in [0.25, 0.3) is 0 Å². The standard InChI is InChI=1S/C6H9ClF2O/c7-4-10-3-5-1-6(8,9)2-5/h5H,1-4H2. The number of halogens is 3. The summed E-state index contributed by atoms with van der Waals surface area (Å²) in [7, 11) is 0. The fourth-order valence-electron chi connectivity index (χ4n) is 1.11. The summed E-state index contributed by atoms with van der Waals surface area (Å²) in [6, 6.07) is 0.0993. The zero-order valence-electron chi connectivity index (χ0n) is 5.45. The second-order valence-corrected chi connectivity index (χ2v) is 2.83. The zero-order valence-corrected chi connectivity index (χ0v) is 6.20. The first-order chi connectivity index (χ1) is 4.64. The van der Waals surface area contributed by atoms with E-state index in [4.69, 9.17) is 16.3 Å². The first kappa shape index (κ1) is 8.21. The van der Waals surface area contributed by atoms with E-state index in [0.717, 1.165) is 0 Å². The lowest BCUT2D eigenvalue weighted by molar-refractivity contribution is -0.125. The minimum Gasteiger partial charge on any atom is -0.365 e. The van der Waals surface area contributed by atoms with Crippen LogP contribution >= 0.6 is 11.6 Å². The van der Waals surface area contributed by atoms with E-state index < -0.39 is 5.92 Å². The van der Waals surface area contributed by atoms with Gasteiger partial charge in [-0.15, -0.1) is 0 Å².